The van der Waals surface area contributed by atoms with Crippen molar-refractivity contribution in [1.82, 2.24) is 0 Å². The molecule has 0 aliphatic carbocycles. The van der Waals surface area contributed by atoms with Gasteiger partial charge in [0.15, 0.2) is 0 Å². The predicted octanol–water partition coefficient (Wildman–Crippen LogP) is 4.50. The second-order valence-electron chi connectivity index (χ2n) is 8.26. The Labute approximate surface area is 153 Å². The largest absolute Gasteiger partial charge is 0.407 e. The van der Waals surface area contributed by atoms with Crippen molar-refractivity contribution in [2.45, 2.75) is 46.1 Å². The van der Waals surface area contributed by atoms with Gasteiger partial charge in [-0.05, 0) is 35.7 Å². The van der Waals surface area contributed by atoms with Crippen molar-refractivity contribution in [3.63, 3.8) is 0 Å². The van der Waals surface area contributed by atoms with Crippen molar-refractivity contribution in [2.75, 3.05) is 6.61 Å². The van der Waals surface area contributed by atoms with Crippen molar-refractivity contribution < 1.29 is 4.43 Å². The molecule has 2 rings (SSSR count). The predicted molar refractivity (Wildman–Crippen MR) is 108 cm³/mol. The first-order valence-corrected chi connectivity index (χ1v) is 10.8. The molecule has 0 fully saturated rings. The molecule has 0 saturated heterocycles. The number of nitrogens with zero attached hydrogens (tertiary/aromatic N) is 1. The summed E-state index contributed by atoms with van der Waals surface area (Å²) in [6.07, 6.45) is 0.730. The van der Waals surface area contributed by atoms with Crippen LogP contribution in [0, 0.1) is 16.7 Å². The molecule has 0 N–H and O–H groups in total. The van der Waals surface area contributed by atoms with Gasteiger partial charge < -0.3 is 4.43 Å². The molecule has 0 atom stereocenters. The molecule has 2 aromatic rings. The highest BCUT2D eigenvalue weighted by Gasteiger charge is 2.50. The zero-order chi connectivity index (χ0) is 18.6. The van der Waals surface area contributed by atoms with E-state index in [9.17, 15) is 5.26 Å². The van der Waals surface area contributed by atoms with Crippen LogP contribution in [-0.2, 0) is 4.43 Å². The average molecular weight is 352 g/mol. The van der Waals surface area contributed by atoms with Crippen LogP contribution in [0.25, 0.3) is 0 Å². The van der Waals surface area contributed by atoms with Gasteiger partial charge in [-0.15, -0.1) is 0 Å². The van der Waals surface area contributed by atoms with Crippen LogP contribution >= 0.6 is 0 Å². The number of rotatable bonds is 6. The van der Waals surface area contributed by atoms with Crippen LogP contribution in [0.3, 0.4) is 0 Å². The Morgan fingerprint density at radius 3 is 1.64 bits per heavy atom. The van der Waals surface area contributed by atoms with Gasteiger partial charge in [0.25, 0.3) is 8.32 Å². The summed E-state index contributed by atoms with van der Waals surface area (Å²) in [5, 5.41) is 11.9. The molecular formula is C22H29NOSi. The number of hydrogen-bond donors (Lipinski definition) is 0. The lowest BCUT2D eigenvalue weighted by Crippen LogP contribution is -2.66. The Hall–Kier alpha value is -1.89. The second kappa shape index (κ2) is 7.55. The molecule has 0 heterocycles. The first kappa shape index (κ1) is 19.4. The molecule has 0 amide bonds. The van der Waals surface area contributed by atoms with E-state index in [0.29, 0.717) is 6.61 Å². The van der Waals surface area contributed by atoms with Gasteiger partial charge in [-0.3, -0.25) is 0 Å². The highest BCUT2D eigenvalue weighted by atomic mass is 28.4. The third kappa shape index (κ3) is 4.20. The molecule has 0 bridgehead atoms. The maximum atomic E-state index is 9.32. The Kier molecular flexibility index (Phi) is 5.87. The van der Waals surface area contributed by atoms with Gasteiger partial charge in [0.1, 0.15) is 0 Å². The molecule has 0 aliphatic rings. The van der Waals surface area contributed by atoms with Gasteiger partial charge in [0.2, 0.25) is 0 Å². The normalized spacial score (nSPS) is 12.6. The molecule has 2 aromatic carbocycles. The zero-order valence-corrected chi connectivity index (χ0v) is 17.0. The standard InChI is InChI=1S/C22H29NOSi/c1-21(2,3)25(19-12-8-6-9-13-19,20-14-10-7-11-15-20)24-17-16-22(4,5)18-23/h6-15H,16-17H2,1-5H3. The summed E-state index contributed by atoms with van der Waals surface area (Å²) in [6.45, 7) is 11.4. The van der Waals surface area contributed by atoms with Gasteiger partial charge in [0.05, 0.1) is 11.5 Å². The van der Waals surface area contributed by atoms with E-state index in [1.165, 1.54) is 10.4 Å². The first-order chi connectivity index (χ1) is 11.7. The first-order valence-electron chi connectivity index (χ1n) is 8.89. The number of benzene rings is 2. The topological polar surface area (TPSA) is 33.0 Å². The van der Waals surface area contributed by atoms with Crippen molar-refractivity contribution in [3.8, 4) is 6.07 Å². The van der Waals surface area contributed by atoms with Crippen LogP contribution in [0.15, 0.2) is 60.7 Å². The summed E-state index contributed by atoms with van der Waals surface area (Å²) < 4.78 is 6.79. The minimum Gasteiger partial charge on any atom is -0.407 e. The highest BCUT2D eigenvalue weighted by Crippen LogP contribution is 2.37. The summed E-state index contributed by atoms with van der Waals surface area (Å²) in [6, 6.07) is 23.6. The van der Waals surface area contributed by atoms with Crippen LogP contribution < -0.4 is 10.4 Å². The minimum absolute atomic E-state index is 0.0213. The van der Waals surface area contributed by atoms with Crippen LogP contribution in [0.5, 0.6) is 0 Å². The fraction of sp³-hybridized carbons (Fsp3) is 0.409. The quantitative estimate of drug-likeness (QED) is 0.718. The molecule has 0 radical (unpaired) electrons. The van der Waals surface area contributed by atoms with Gasteiger partial charge in [-0.2, -0.15) is 5.26 Å². The van der Waals surface area contributed by atoms with E-state index < -0.39 is 8.32 Å². The lowest BCUT2D eigenvalue weighted by Gasteiger charge is -2.43. The Bertz CT molecular complexity index is 672. The zero-order valence-electron chi connectivity index (χ0n) is 16.0. The van der Waals surface area contributed by atoms with Crippen LogP contribution in [0.1, 0.15) is 41.0 Å². The second-order valence-corrected chi connectivity index (χ2v) is 12.6. The van der Waals surface area contributed by atoms with Crippen molar-refractivity contribution in [3.05, 3.63) is 60.7 Å². The highest BCUT2D eigenvalue weighted by molar-refractivity contribution is 6.99. The van der Waals surface area contributed by atoms with Crippen molar-refractivity contribution in [1.29, 1.82) is 5.26 Å². The maximum absolute atomic E-state index is 9.32. The Balaban J connectivity index is 2.52. The fourth-order valence-corrected chi connectivity index (χ4v) is 7.84. The van der Waals surface area contributed by atoms with E-state index in [2.05, 4.69) is 87.5 Å². The monoisotopic (exact) mass is 351 g/mol. The van der Waals surface area contributed by atoms with Crippen LogP contribution in [-0.4, -0.2) is 14.9 Å². The molecule has 132 valence electrons. The summed E-state index contributed by atoms with van der Waals surface area (Å²) >= 11 is 0. The average Bonchev–Trinajstić information content (AvgIpc) is 2.59. The van der Waals surface area contributed by atoms with E-state index in [1.807, 2.05) is 13.8 Å². The summed E-state index contributed by atoms with van der Waals surface area (Å²) in [5.74, 6) is 0. The smallest absolute Gasteiger partial charge is 0.261 e. The number of hydrogen-bond acceptors (Lipinski definition) is 2. The Morgan fingerprint density at radius 2 is 1.28 bits per heavy atom. The number of nitriles is 1. The van der Waals surface area contributed by atoms with Crippen molar-refractivity contribution >= 4 is 18.7 Å². The van der Waals surface area contributed by atoms with Crippen LogP contribution in [0.2, 0.25) is 5.04 Å². The molecule has 0 aromatic heterocycles. The molecule has 0 aliphatic heterocycles. The van der Waals surface area contributed by atoms with Gasteiger partial charge in [0, 0.05) is 6.61 Å². The van der Waals surface area contributed by atoms with E-state index in [1.54, 1.807) is 0 Å². The fourth-order valence-electron chi connectivity index (χ4n) is 3.28. The van der Waals surface area contributed by atoms with Gasteiger partial charge in [-0.25, -0.2) is 0 Å². The van der Waals surface area contributed by atoms with E-state index in [0.717, 1.165) is 6.42 Å². The van der Waals surface area contributed by atoms with E-state index >= 15 is 0 Å². The molecule has 2 nitrogen and oxygen atoms in total. The Morgan fingerprint density at radius 1 is 0.840 bits per heavy atom. The van der Waals surface area contributed by atoms with Crippen molar-refractivity contribution in [2.24, 2.45) is 5.41 Å². The van der Waals surface area contributed by atoms with Crippen LogP contribution in [0.4, 0.5) is 0 Å². The summed E-state index contributed by atoms with van der Waals surface area (Å²) in [5.41, 5.74) is -0.370. The lowest BCUT2D eigenvalue weighted by atomic mass is 9.92. The third-order valence-corrected chi connectivity index (χ3v) is 9.81. The summed E-state index contributed by atoms with van der Waals surface area (Å²) in [7, 11) is -2.47. The lowest BCUT2D eigenvalue weighted by molar-refractivity contribution is 0.250. The SMILES string of the molecule is CC(C)(C#N)CCO[Si](c1ccccc1)(c1ccccc1)C(C)(C)C. The van der Waals surface area contributed by atoms with E-state index in [4.69, 9.17) is 4.43 Å². The minimum atomic E-state index is -2.47. The molecule has 0 saturated carbocycles. The molecule has 25 heavy (non-hydrogen) atoms. The summed E-state index contributed by atoms with van der Waals surface area (Å²) in [4.78, 5) is 0. The molecule has 0 spiro atoms. The molecular weight excluding hydrogens is 322 g/mol. The van der Waals surface area contributed by atoms with Gasteiger partial charge in [-0.1, -0.05) is 81.4 Å². The van der Waals surface area contributed by atoms with Gasteiger partial charge >= 0.3 is 0 Å². The molecule has 3 heteroatoms. The molecule has 0 unspecified atom stereocenters. The van der Waals surface area contributed by atoms with E-state index in [-0.39, 0.29) is 10.5 Å². The third-order valence-electron chi connectivity index (χ3n) is 4.77. The maximum Gasteiger partial charge on any atom is 0.261 e.